The smallest absolute Gasteiger partial charge is 0.173 e. The highest BCUT2D eigenvalue weighted by Gasteiger charge is 2.33. The first-order chi connectivity index (χ1) is 19.4. The van der Waals surface area contributed by atoms with Crippen molar-refractivity contribution in [3.8, 4) is 11.3 Å². The lowest BCUT2D eigenvalue weighted by atomic mass is 9.85. The minimum absolute atomic E-state index is 0.0604. The van der Waals surface area contributed by atoms with Crippen LogP contribution in [0.5, 0.6) is 0 Å². The molecule has 0 bridgehead atoms. The van der Waals surface area contributed by atoms with Gasteiger partial charge in [0.2, 0.25) is 0 Å². The van der Waals surface area contributed by atoms with Gasteiger partial charge in [-0.2, -0.15) is 0 Å². The fourth-order valence-electron chi connectivity index (χ4n) is 6.63. The van der Waals surface area contributed by atoms with Crippen molar-refractivity contribution < 1.29 is 4.79 Å². The molecule has 0 unspecified atom stereocenters. The maximum Gasteiger partial charge on any atom is 0.173 e. The Morgan fingerprint density at radius 3 is 2.35 bits per heavy atom. The van der Waals surface area contributed by atoms with Crippen molar-refractivity contribution in [3.63, 3.8) is 0 Å². The molecule has 1 fully saturated rings. The van der Waals surface area contributed by atoms with Crippen molar-refractivity contribution in [2.75, 3.05) is 0 Å². The van der Waals surface area contributed by atoms with Gasteiger partial charge in [-0.1, -0.05) is 59.7 Å². The van der Waals surface area contributed by atoms with Crippen LogP contribution in [-0.2, 0) is 12.8 Å². The predicted octanol–water partition coefficient (Wildman–Crippen LogP) is 7.95. The van der Waals surface area contributed by atoms with Crippen LogP contribution in [0.3, 0.4) is 0 Å². The monoisotopic (exact) mass is 519 g/mol. The molecule has 2 heterocycles. The molecule has 1 aliphatic heterocycles. The Morgan fingerprint density at radius 1 is 0.825 bits per heavy atom. The molecular formula is C37H31N2O. The van der Waals surface area contributed by atoms with Gasteiger partial charge in [-0.25, -0.2) is 4.99 Å². The molecule has 195 valence electrons. The molecule has 0 atom stereocenters. The molecule has 0 saturated heterocycles. The van der Waals surface area contributed by atoms with Crippen LogP contribution in [0.25, 0.3) is 23.0 Å². The van der Waals surface area contributed by atoms with Gasteiger partial charge in [0.15, 0.2) is 5.78 Å². The first kappa shape index (κ1) is 25.0. The number of rotatable bonds is 4. The Kier molecular flexibility index (Phi) is 6.00. The van der Waals surface area contributed by atoms with E-state index >= 15 is 0 Å². The van der Waals surface area contributed by atoms with E-state index in [2.05, 4.69) is 93.4 Å². The normalized spacial score (nSPS) is 17.1. The summed E-state index contributed by atoms with van der Waals surface area (Å²) in [5.74, 6) is 0.781. The average Bonchev–Trinajstić information content (AvgIpc) is 3.66. The van der Waals surface area contributed by atoms with E-state index < -0.39 is 0 Å². The topological polar surface area (TPSA) is 45.2 Å². The Bertz CT molecular complexity index is 1730. The molecular weight excluding hydrogens is 488 g/mol. The zero-order chi connectivity index (χ0) is 27.5. The number of carbonyl (C=O) groups excluding carboxylic acids is 1. The largest absolute Gasteiger partial charge is 0.354 e. The van der Waals surface area contributed by atoms with Crippen molar-refractivity contribution in [2.24, 2.45) is 4.99 Å². The number of carbonyl (C=O) groups is 1. The second kappa shape index (κ2) is 9.59. The highest BCUT2D eigenvalue weighted by molar-refractivity contribution is 6.23. The second-order valence-corrected chi connectivity index (χ2v) is 11.2. The molecule has 0 amide bonds. The minimum Gasteiger partial charge on any atom is -0.354 e. The number of aryl methyl sites for hydroxylation is 5. The molecule has 1 aromatic heterocycles. The zero-order valence-electron chi connectivity index (χ0n) is 23.4. The third-order valence-corrected chi connectivity index (χ3v) is 8.35. The number of aliphatic imine (C=N–C) groups is 1. The van der Waals surface area contributed by atoms with Crippen molar-refractivity contribution in [2.45, 2.75) is 40.5 Å². The van der Waals surface area contributed by atoms with Gasteiger partial charge in [0.1, 0.15) is 0 Å². The lowest BCUT2D eigenvalue weighted by Gasteiger charge is -2.17. The van der Waals surface area contributed by atoms with Gasteiger partial charge in [-0.15, -0.1) is 0 Å². The summed E-state index contributed by atoms with van der Waals surface area (Å²) in [5, 5.41) is 0. The molecule has 40 heavy (non-hydrogen) atoms. The quantitative estimate of drug-likeness (QED) is 0.273. The van der Waals surface area contributed by atoms with Crippen molar-refractivity contribution in [1.82, 2.24) is 4.98 Å². The summed E-state index contributed by atoms with van der Waals surface area (Å²) in [5.41, 5.74) is 16.5. The van der Waals surface area contributed by atoms with E-state index in [1.807, 2.05) is 25.7 Å². The minimum atomic E-state index is 0.0604. The lowest BCUT2D eigenvalue weighted by Crippen LogP contribution is -2.14. The van der Waals surface area contributed by atoms with Gasteiger partial charge in [-0.3, -0.25) is 4.79 Å². The zero-order valence-corrected chi connectivity index (χ0v) is 23.4. The number of aromatic nitrogens is 1. The standard InChI is InChI=1S/C37H31N2O/c1-21-13-15-28-30(19-21)36(33-23(3)17-22(2)18-24(33)4)38-31(28)20-32-34(37(40)26-10-5-6-11-26)29-16-14-25-9-7-8-12-27(25)35(29)39-32/h5-13,15,17-20,39H,14,16H2,1-4H3/b31-20-. The van der Waals surface area contributed by atoms with Crippen LogP contribution in [-0.4, -0.2) is 16.5 Å². The van der Waals surface area contributed by atoms with Crippen LogP contribution in [0.1, 0.15) is 66.1 Å². The molecule has 1 saturated carbocycles. The molecule has 3 nitrogen and oxygen atoms in total. The van der Waals surface area contributed by atoms with Gasteiger partial charge in [0.05, 0.1) is 28.7 Å². The third kappa shape index (κ3) is 4.02. The van der Waals surface area contributed by atoms with E-state index in [0.717, 1.165) is 63.8 Å². The highest BCUT2D eigenvalue weighted by Crippen LogP contribution is 2.41. The first-order valence-electron chi connectivity index (χ1n) is 14.0. The fourth-order valence-corrected chi connectivity index (χ4v) is 6.63. The van der Waals surface area contributed by atoms with Crippen LogP contribution in [0.15, 0.2) is 59.6 Å². The molecule has 3 heteroatoms. The molecule has 2 aliphatic carbocycles. The van der Waals surface area contributed by atoms with Gasteiger partial charge in [-0.05, 0) is 101 Å². The Labute approximate surface area is 237 Å². The first-order valence-corrected chi connectivity index (χ1v) is 14.0. The summed E-state index contributed by atoms with van der Waals surface area (Å²) in [6.07, 6.45) is 11.5. The van der Waals surface area contributed by atoms with Crippen molar-refractivity contribution in [1.29, 1.82) is 0 Å². The summed E-state index contributed by atoms with van der Waals surface area (Å²) in [6.45, 7) is 8.60. The summed E-state index contributed by atoms with van der Waals surface area (Å²) in [7, 11) is 0. The lowest BCUT2D eigenvalue weighted by molar-refractivity contribution is 0.101. The van der Waals surface area contributed by atoms with Gasteiger partial charge in [0, 0.05) is 27.8 Å². The number of benzene rings is 3. The SMILES string of the molecule is Cc1cc(C)c(C2=N/C(=C\c3[nH]c4c(c3C(=O)[C]3[CH][CH][CH][CH]3)CCc3ccccc3-4)c3ccc(C)cc32)c(C)c1. The molecule has 4 aromatic rings. The number of H-pyrrole nitrogens is 1. The number of nitrogens with zero attached hydrogens (tertiary/aromatic N) is 1. The van der Waals surface area contributed by atoms with E-state index in [1.165, 1.54) is 38.9 Å². The number of hydrogen-bond donors (Lipinski definition) is 1. The number of nitrogens with one attached hydrogen (secondary N) is 1. The fraction of sp³-hybridized carbons (Fsp3) is 0.162. The van der Waals surface area contributed by atoms with Gasteiger partial charge < -0.3 is 4.98 Å². The number of aromatic amines is 1. The van der Waals surface area contributed by atoms with Crippen LogP contribution in [0.2, 0.25) is 0 Å². The second-order valence-electron chi connectivity index (χ2n) is 11.2. The summed E-state index contributed by atoms with van der Waals surface area (Å²) in [6, 6.07) is 19.5. The maximum atomic E-state index is 14.0. The van der Waals surface area contributed by atoms with Crippen molar-refractivity contribution in [3.05, 3.63) is 148 Å². The van der Waals surface area contributed by atoms with Gasteiger partial charge >= 0.3 is 0 Å². The number of Topliss-reactive ketones (excluding diaryl/α,β-unsaturated/α-hetero) is 1. The Morgan fingerprint density at radius 2 is 1.57 bits per heavy atom. The maximum absolute atomic E-state index is 14.0. The summed E-state index contributed by atoms with van der Waals surface area (Å²) < 4.78 is 0. The third-order valence-electron chi connectivity index (χ3n) is 8.35. The number of fused-ring (bicyclic) bond motifs is 4. The molecule has 7 rings (SSSR count). The number of ketones is 1. The van der Waals surface area contributed by atoms with Crippen LogP contribution >= 0.6 is 0 Å². The predicted molar refractivity (Wildman–Crippen MR) is 164 cm³/mol. The van der Waals surface area contributed by atoms with E-state index in [-0.39, 0.29) is 5.78 Å². The van der Waals surface area contributed by atoms with E-state index in [1.54, 1.807) is 0 Å². The number of hydrogen-bond acceptors (Lipinski definition) is 2. The van der Waals surface area contributed by atoms with Crippen LogP contribution < -0.4 is 0 Å². The van der Waals surface area contributed by atoms with E-state index in [0.29, 0.717) is 0 Å². The highest BCUT2D eigenvalue weighted by atomic mass is 16.1. The molecule has 5 radical (unpaired) electrons. The van der Waals surface area contributed by atoms with E-state index in [9.17, 15) is 4.79 Å². The summed E-state index contributed by atoms with van der Waals surface area (Å²) in [4.78, 5) is 22.9. The molecule has 1 N–H and O–H groups in total. The molecule has 3 aromatic carbocycles. The molecule has 3 aliphatic rings. The summed E-state index contributed by atoms with van der Waals surface area (Å²) >= 11 is 0. The Hall–Kier alpha value is -3.98. The van der Waals surface area contributed by atoms with Gasteiger partial charge in [0.25, 0.3) is 0 Å². The molecule has 0 spiro atoms. The van der Waals surface area contributed by atoms with Crippen LogP contribution in [0.4, 0.5) is 0 Å². The Balaban J connectivity index is 1.44. The van der Waals surface area contributed by atoms with Crippen LogP contribution in [0, 0.1) is 59.3 Å². The van der Waals surface area contributed by atoms with Crippen molar-refractivity contribution >= 4 is 23.3 Å². The van der Waals surface area contributed by atoms with E-state index in [4.69, 9.17) is 4.99 Å². The average molecular weight is 520 g/mol.